The summed E-state index contributed by atoms with van der Waals surface area (Å²) in [6.07, 6.45) is 40.7. The Kier molecular flexibility index (Phi) is 33.1. The molecule has 0 aliphatic carbocycles. The van der Waals surface area contributed by atoms with Gasteiger partial charge < -0.3 is 15.2 Å². The van der Waals surface area contributed by atoms with Gasteiger partial charge in [-0.05, 0) is 64.2 Å². The minimum absolute atomic E-state index is 0.0308. The van der Waals surface area contributed by atoms with Crippen molar-refractivity contribution in [3.8, 4) is 0 Å². The molecule has 6 heteroatoms. The molecule has 0 saturated heterocycles. The molecule has 0 bridgehead atoms. The van der Waals surface area contributed by atoms with Crippen LogP contribution in [0.15, 0.2) is 24.3 Å². The maximum absolute atomic E-state index is 12.4. The van der Waals surface area contributed by atoms with Gasteiger partial charge in [0, 0.05) is 12.8 Å². The van der Waals surface area contributed by atoms with Crippen LogP contribution in [0.4, 0.5) is 0 Å². The van der Waals surface area contributed by atoms with E-state index in [1.165, 1.54) is 103 Å². The van der Waals surface area contributed by atoms with E-state index in [4.69, 9.17) is 9.84 Å². The third-order valence-electron chi connectivity index (χ3n) is 8.38. The second-order valence-corrected chi connectivity index (χ2v) is 12.8. The minimum Gasteiger partial charge on any atom is -0.480 e. The molecule has 0 heterocycles. The van der Waals surface area contributed by atoms with Gasteiger partial charge in [0.25, 0.3) is 0 Å². The lowest BCUT2D eigenvalue weighted by molar-refractivity contribution is -0.150. The van der Waals surface area contributed by atoms with Crippen LogP contribution in [0.25, 0.3) is 0 Å². The van der Waals surface area contributed by atoms with Gasteiger partial charge in [-0.3, -0.25) is 14.4 Å². The van der Waals surface area contributed by atoms with Crippen LogP contribution in [0.1, 0.15) is 194 Å². The van der Waals surface area contributed by atoms with Gasteiger partial charge in [0.05, 0.1) is 0 Å². The Hall–Kier alpha value is -2.11. The Morgan fingerprint density at radius 3 is 1.60 bits per heavy atom. The van der Waals surface area contributed by atoms with Gasteiger partial charge in [-0.1, -0.05) is 141 Å². The first-order chi connectivity index (χ1) is 22.0. The number of carbonyl (C=O) groups is 3. The maximum Gasteiger partial charge on any atom is 0.322 e. The first-order valence-corrected chi connectivity index (χ1v) is 19.0. The number of allylic oxidation sites excluding steroid dienone is 4. The van der Waals surface area contributed by atoms with E-state index in [1.807, 2.05) is 0 Å². The fourth-order valence-corrected chi connectivity index (χ4v) is 5.53. The second-order valence-electron chi connectivity index (χ2n) is 12.8. The van der Waals surface area contributed by atoms with Gasteiger partial charge >= 0.3 is 11.9 Å². The van der Waals surface area contributed by atoms with Gasteiger partial charge in [0.2, 0.25) is 5.91 Å². The van der Waals surface area contributed by atoms with E-state index in [9.17, 15) is 14.4 Å². The number of hydrogen-bond acceptors (Lipinski definition) is 4. The summed E-state index contributed by atoms with van der Waals surface area (Å²) in [6, 6.07) is 0. The average molecular weight is 634 g/mol. The van der Waals surface area contributed by atoms with Crippen molar-refractivity contribution >= 4 is 17.8 Å². The molecule has 1 unspecified atom stereocenters. The largest absolute Gasteiger partial charge is 0.480 e. The predicted molar refractivity (Wildman–Crippen MR) is 189 cm³/mol. The molecule has 0 aliphatic rings. The summed E-state index contributed by atoms with van der Waals surface area (Å²) >= 11 is 0. The van der Waals surface area contributed by atoms with Crippen LogP contribution in [-0.2, 0) is 19.1 Å². The molecule has 1 amide bonds. The van der Waals surface area contributed by atoms with Crippen molar-refractivity contribution < 1.29 is 24.2 Å². The van der Waals surface area contributed by atoms with E-state index in [1.54, 1.807) is 0 Å². The van der Waals surface area contributed by atoms with Gasteiger partial charge in [-0.25, -0.2) is 0 Å². The zero-order valence-corrected chi connectivity index (χ0v) is 29.5. The maximum atomic E-state index is 12.4. The number of ether oxygens (including phenoxy) is 1. The van der Waals surface area contributed by atoms with Crippen molar-refractivity contribution in [2.24, 2.45) is 0 Å². The molecule has 0 aliphatic heterocycles. The fourth-order valence-electron chi connectivity index (χ4n) is 5.53. The van der Waals surface area contributed by atoms with Crippen LogP contribution in [0.5, 0.6) is 0 Å². The van der Waals surface area contributed by atoms with Crippen molar-refractivity contribution in [3.05, 3.63) is 24.3 Å². The van der Waals surface area contributed by atoms with E-state index in [2.05, 4.69) is 43.5 Å². The zero-order valence-electron chi connectivity index (χ0n) is 29.5. The minimum atomic E-state index is -1.03. The summed E-state index contributed by atoms with van der Waals surface area (Å²) in [5.74, 6) is -1.32. The standard InChI is InChI=1S/C39H71NO5/c1-3-5-7-8-9-10-11-12-13-14-15-16-17-18-19-20-21-22-23-24-25-26-30-34-39(44)45-36(31-6-4-2)32-28-27-29-33-37(41)40-35-38(42)43/h11-12,14-15,36H,3-10,13,16-35H2,1-2H3,(H,40,41)(H,42,43)/b12-11-,15-14-. The summed E-state index contributed by atoms with van der Waals surface area (Å²) in [5, 5.41) is 11.0. The molecule has 2 N–H and O–H groups in total. The smallest absolute Gasteiger partial charge is 0.322 e. The van der Waals surface area contributed by atoms with E-state index < -0.39 is 5.97 Å². The number of esters is 1. The molecule has 0 fully saturated rings. The number of carbonyl (C=O) groups excluding carboxylic acids is 2. The Morgan fingerprint density at radius 2 is 1.04 bits per heavy atom. The quantitative estimate of drug-likeness (QED) is 0.0418. The number of nitrogens with one attached hydrogen (secondary N) is 1. The predicted octanol–water partition coefficient (Wildman–Crippen LogP) is 11.2. The number of hydrogen-bond donors (Lipinski definition) is 2. The highest BCUT2D eigenvalue weighted by atomic mass is 16.5. The number of rotatable bonds is 34. The molecule has 45 heavy (non-hydrogen) atoms. The Bertz CT molecular complexity index is 748. The van der Waals surface area contributed by atoms with Crippen molar-refractivity contribution in [2.45, 2.75) is 200 Å². The number of carboxylic acid groups (broad SMARTS) is 1. The fraction of sp³-hybridized carbons (Fsp3) is 0.821. The normalized spacial score (nSPS) is 12.2. The first-order valence-electron chi connectivity index (χ1n) is 19.0. The SMILES string of the molecule is CCCCCCC/C=C\C/C=C\CCCCCCCCCCCCCC(=O)OC(CCCC)CCCCCC(=O)NCC(=O)O. The average Bonchev–Trinajstić information content (AvgIpc) is 3.02. The molecule has 0 aromatic heterocycles. The molecule has 0 spiro atoms. The monoisotopic (exact) mass is 634 g/mol. The van der Waals surface area contributed by atoms with E-state index in [0.29, 0.717) is 12.8 Å². The Labute approximate surface area is 277 Å². The zero-order chi connectivity index (χ0) is 33.1. The molecule has 0 aromatic carbocycles. The molecular weight excluding hydrogens is 562 g/mol. The van der Waals surface area contributed by atoms with Crippen LogP contribution in [0.2, 0.25) is 0 Å². The lowest BCUT2D eigenvalue weighted by Gasteiger charge is -2.18. The summed E-state index contributed by atoms with van der Waals surface area (Å²) in [7, 11) is 0. The van der Waals surface area contributed by atoms with Crippen molar-refractivity contribution in [2.75, 3.05) is 6.54 Å². The van der Waals surface area contributed by atoms with Crippen molar-refractivity contribution in [1.82, 2.24) is 5.32 Å². The highest BCUT2D eigenvalue weighted by Crippen LogP contribution is 2.17. The summed E-state index contributed by atoms with van der Waals surface area (Å²) < 4.78 is 5.81. The highest BCUT2D eigenvalue weighted by Gasteiger charge is 2.14. The molecule has 0 saturated carbocycles. The van der Waals surface area contributed by atoms with Crippen molar-refractivity contribution in [1.29, 1.82) is 0 Å². The molecule has 6 nitrogen and oxygen atoms in total. The lowest BCUT2D eigenvalue weighted by Crippen LogP contribution is -2.28. The van der Waals surface area contributed by atoms with Gasteiger partial charge in [0.15, 0.2) is 0 Å². The highest BCUT2D eigenvalue weighted by molar-refractivity contribution is 5.80. The van der Waals surface area contributed by atoms with E-state index in [-0.39, 0.29) is 24.5 Å². The first kappa shape index (κ1) is 42.9. The van der Waals surface area contributed by atoms with E-state index in [0.717, 1.165) is 64.2 Å². The van der Waals surface area contributed by atoms with Gasteiger partial charge in [-0.2, -0.15) is 0 Å². The second kappa shape index (κ2) is 34.8. The third-order valence-corrected chi connectivity index (χ3v) is 8.38. The topological polar surface area (TPSA) is 92.7 Å². The van der Waals surface area contributed by atoms with Crippen molar-refractivity contribution in [3.63, 3.8) is 0 Å². The number of unbranched alkanes of at least 4 members (excludes halogenated alkanes) is 19. The van der Waals surface area contributed by atoms with Crippen LogP contribution in [0, 0.1) is 0 Å². The molecule has 0 aromatic rings. The molecule has 262 valence electrons. The Morgan fingerprint density at radius 1 is 0.578 bits per heavy atom. The van der Waals surface area contributed by atoms with Gasteiger partial charge in [0.1, 0.15) is 12.6 Å². The van der Waals surface area contributed by atoms with Crippen LogP contribution in [0.3, 0.4) is 0 Å². The molecule has 1 atom stereocenters. The molecular formula is C39H71NO5. The van der Waals surface area contributed by atoms with Crippen LogP contribution in [-0.4, -0.2) is 35.6 Å². The number of amides is 1. The summed E-state index contributed by atoms with van der Waals surface area (Å²) in [4.78, 5) is 34.5. The van der Waals surface area contributed by atoms with Crippen LogP contribution < -0.4 is 5.32 Å². The molecule has 0 radical (unpaired) electrons. The molecule has 0 rings (SSSR count). The Balaban J connectivity index is 3.61. The number of carboxylic acids is 1. The number of aliphatic carboxylic acids is 1. The van der Waals surface area contributed by atoms with Gasteiger partial charge in [-0.15, -0.1) is 0 Å². The third kappa shape index (κ3) is 34.6. The lowest BCUT2D eigenvalue weighted by atomic mass is 10.0. The summed E-state index contributed by atoms with van der Waals surface area (Å²) in [5.41, 5.74) is 0. The van der Waals surface area contributed by atoms with Crippen LogP contribution >= 0.6 is 0 Å². The van der Waals surface area contributed by atoms with E-state index >= 15 is 0 Å². The summed E-state index contributed by atoms with van der Waals surface area (Å²) in [6.45, 7) is 4.08.